The standard InChI is InChI=1S/C12H15N.2C2H6/c1-5-10-8-9(4)11(6-2)13-12(10)7-3;2*1-2/h5,7-8H,1,3,6H2,2,4H3;2*1-2H3. The van der Waals surface area contributed by atoms with Gasteiger partial charge >= 0.3 is 0 Å². The maximum atomic E-state index is 4.49. The van der Waals surface area contributed by atoms with Gasteiger partial charge in [-0.15, -0.1) is 0 Å². The van der Waals surface area contributed by atoms with Gasteiger partial charge < -0.3 is 0 Å². The maximum Gasteiger partial charge on any atom is 0.0699 e. The minimum atomic E-state index is 0.928. The van der Waals surface area contributed by atoms with Gasteiger partial charge in [0, 0.05) is 5.69 Å². The van der Waals surface area contributed by atoms with Gasteiger partial charge in [0.15, 0.2) is 0 Å². The van der Waals surface area contributed by atoms with E-state index in [1.54, 1.807) is 6.08 Å². The molecule has 1 heterocycles. The normalized spacial score (nSPS) is 8.12. The molecule has 0 atom stereocenters. The van der Waals surface area contributed by atoms with Gasteiger partial charge in [-0.3, -0.25) is 4.98 Å². The molecular weight excluding hydrogens is 206 g/mol. The van der Waals surface area contributed by atoms with Crippen molar-refractivity contribution in [2.75, 3.05) is 0 Å². The van der Waals surface area contributed by atoms with E-state index < -0.39 is 0 Å². The minimum Gasteiger partial charge on any atom is -0.253 e. The van der Waals surface area contributed by atoms with Crippen LogP contribution in [0.4, 0.5) is 0 Å². The molecule has 17 heavy (non-hydrogen) atoms. The summed E-state index contributed by atoms with van der Waals surface area (Å²) in [5.41, 5.74) is 4.35. The van der Waals surface area contributed by atoms with E-state index in [1.807, 2.05) is 33.8 Å². The molecule has 0 aromatic carbocycles. The highest BCUT2D eigenvalue weighted by atomic mass is 14.7. The number of aryl methyl sites for hydroxylation is 2. The van der Waals surface area contributed by atoms with Gasteiger partial charge in [0.1, 0.15) is 0 Å². The highest BCUT2D eigenvalue weighted by Crippen LogP contribution is 2.15. The van der Waals surface area contributed by atoms with Gasteiger partial charge in [-0.25, -0.2) is 0 Å². The van der Waals surface area contributed by atoms with E-state index >= 15 is 0 Å². The predicted molar refractivity (Wildman–Crippen MR) is 81.2 cm³/mol. The lowest BCUT2D eigenvalue weighted by atomic mass is 10.1. The van der Waals surface area contributed by atoms with Crippen molar-refractivity contribution in [1.82, 2.24) is 4.98 Å². The highest BCUT2D eigenvalue weighted by molar-refractivity contribution is 5.61. The summed E-state index contributed by atoms with van der Waals surface area (Å²) in [5, 5.41) is 0. The van der Waals surface area contributed by atoms with E-state index in [0.29, 0.717) is 0 Å². The third-order valence-electron chi connectivity index (χ3n) is 2.13. The topological polar surface area (TPSA) is 12.9 Å². The molecule has 0 spiro atoms. The zero-order valence-electron chi connectivity index (χ0n) is 12.3. The summed E-state index contributed by atoms with van der Waals surface area (Å²) >= 11 is 0. The third-order valence-corrected chi connectivity index (χ3v) is 2.13. The van der Waals surface area contributed by atoms with Crippen molar-refractivity contribution in [2.24, 2.45) is 0 Å². The molecule has 1 nitrogen and oxygen atoms in total. The van der Waals surface area contributed by atoms with Crippen LogP contribution in [0, 0.1) is 6.92 Å². The summed E-state index contributed by atoms with van der Waals surface area (Å²) in [6.45, 7) is 19.7. The third kappa shape index (κ3) is 5.48. The Labute approximate surface area is 107 Å². The molecule has 0 saturated carbocycles. The number of aromatic nitrogens is 1. The SMILES string of the molecule is C=Cc1cc(C)c(CC)nc1C=C.CC.CC. The van der Waals surface area contributed by atoms with Gasteiger partial charge in [-0.1, -0.05) is 53.9 Å². The van der Waals surface area contributed by atoms with E-state index in [1.165, 1.54) is 5.56 Å². The quantitative estimate of drug-likeness (QED) is 0.691. The Kier molecular flexibility index (Phi) is 11.8. The van der Waals surface area contributed by atoms with Gasteiger partial charge in [-0.05, 0) is 36.6 Å². The van der Waals surface area contributed by atoms with Crippen molar-refractivity contribution in [1.29, 1.82) is 0 Å². The van der Waals surface area contributed by atoms with Crippen molar-refractivity contribution in [3.8, 4) is 0 Å². The lowest BCUT2D eigenvalue weighted by molar-refractivity contribution is 0.999. The molecule has 0 radical (unpaired) electrons. The van der Waals surface area contributed by atoms with Crippen LogP contribution in [0.3, 0.4) is 0 Å². The first-order valence-corrected chi connectivity index (χ1v) is 6.48. The fraction of sp³-hybridized carbons (Fsp3) is 0.438. The molecule has 0 unspecified atom stereocenters. The average molecular weight is 233 g/mol. The van der Waals surface area contributed by atoms with Crippen molar-refractivity contribution in [3.63, 3.8) is 0 Å². The number of pyridine rings is 1. The van der Waals surface area contributed by atoms with Gasteiger partial charge in [0.2, 0.25) is 0 Å². The van der Waals surface area contributed by atoms with Gasteiger partial charge in [0.05, 0.1) is 5.69 Å². The van der Waals surface area contributed by atoms with Gasteiger partial charge in [-0.2, -0.15) is 0 Å². The Morgan fingerprint density at radius 3 is 2.00 bits per heavy atom. The predicted octanol–water partition coefficient (Wildman–Crippen LogP) is 5.29. The second kappa shape index (κ2) is 11.1. The molecule has 0 bridgehead atoms. The first kappa shape index (κ1) is 18.0. The number of hydrogen-bond donors (Lipinski definition) is 0. The van der Waals surface area contributed by atoms with Crippen molar-refractivity contribution >= 4 is 12.2 Å². The molecule has 96 valence electrons. The maximum absolute atomic E-state index is 4.49. The van der Waals surface area contributed by atoms with Crippen molar-refractivity contribution in [2.45, 2.75) is 48.0 Å². The van der Waals surface area contributed by atoms with Crippen LogP contribution in [0.25, 0.3) is 12.2 Å². The van der Waals surface area contributed by atoms with Crippen molar-refractivity contribution in [3.05, 3.63) is 41.7 Å². The highest BCUT2D eigenvalue weighted by Gasteiger charge is 2.02. The molecule has 1 aromatic heterocycles. The smallest absolute Gasteiger partial charge is 0.0699 e. The van der Waals surface area contributed by atoms with E-state index in [0.717, 1.165) is 23.4 Å². The molecule has 1 rings (SSSR count). The fourth-order valence-electron chi connectivity index (χ4n) is 1.37. The first-order chi connectivity index (χ1) is 8.22. The van der Waals surface area contributed by atoms with Crippen LogP contribution >= 0.6 is 0 Å². The van der Waals surface area contributed by atoms with Crippen LogP contribution in [0.1, 0.15) is 57.1 Å². The summed E-state index contributed by atoms with van der Waals surface area (Å²) < 4.78 is 0. The molecule has 1 aromatic rings. The number of hydrogen-bond acceptors (Lipinski definition) is 1. The molecule has 0 aliphatic rings. The second-order valence-electron chi connectivity index (χ2n) is 2.99. The summed E-state index contributed by atoms with van der Waals surface area (Å²) in [6.07, 6.45) is 4.55. The Hall–Kier alpha value is -1.37. The van der Waals surface area contributed by atoms with Gasteiger partial charge in [0.25, 0.3) is 0 Å². The van der Waals surface area contributed by atoms with Crippen molar-refractivity contribution < 1.29 is 0 Å². The summed E-state index contributed by atoms with van der Waals surface area (Å²) in [6, 6.07) is 2.11. The Morgan fingerprint density at radius 1 is 1.12 bits per heavy atom. The molecular formula is C16H27N. The van der Waals surface area contributed by atoms with Crippen LogP contribution in [0.15, 0.2) is 19.2 Å². The molecule has 0 amide bonds. The lowest BCUT2D eigenvalue weighted by Gasteiger charge is -2.06. The zero-order chi connectivity index (χ0) is 13.8. The molecule has 0 aliphatic carbocycles. The van der Waals surface area contributed by atoms with Crippen LogP contribution < -0.4 is 0 Å². The lowest BCUT2D eigenvalue weighted by Crippen LogP contribution is -1.96. The Bertz CT molecular complexity index is 338. The first-order valence-electron chi connectivity index (χ1n) is 6.48. The summed E-state index contributed by atoms with van der Waals surface area (Å²) in [7, 11) is 0. The molecule has 0 N–H and O–H groups in total. The van der Waals surface area contributed by atoms with Crippen LogP contribution in [0.5, 0.6) is 0 Å². The molecule has 0 fully saturated rings. The Morgan fingerprint density at radius 2 is 1.65 bits per heavy atom. The number of rotatable bonds is 3. The Balaban J connectivity index is 0. The van der Waals surface area contributed by atoms with Crippen LogP contribution in [-0.4, -0.2) is 4.98 Å². The van der Waals surface area contributed by atoms with Crippen LogP contribution in [0.2, 0.25) is 0 Å². The fourth-order valence-corrected chi connectivity index (χ4v) is 1.37. The number of nitrogens with zero attached hydrogens (tertiary/aromatic N) is 1. The van der Waals surface area contributed by atoms with E-state index in [9.17, 15) is 0 Å². The minimum absolute atomic E-state index is 0.928. The molecule has 0 aliphatic heterocycles. The van der Waals surface area contributed by atoms with E-state index in [-0.39, 0.29) is 0 Å². The zero-order valence-corrected chi connectivity index (χ0v) is 12.3. The van der Waals surface area contributed by atoms with Crippen LogP contribution in [-0.2, 0) is 6.42 Å². The summed E-state index contributed by atoms with van der Waals surface area (Å²) in [4.78, 5) is 4.49. The largest absolute Gasteiger partial charge is 0.253 e. The molecule has 0 saturated heterocycles. The average Bonchev–Trinajstić information content (AvgIpc) is 2.42. The summed E-state index contributed by atoms with van der Waals surface area (Å²) in [5.74, 6) is 0. The second-order valence-corrected chi connectivity index (χ2v) is 2.99. The van der Waals surface area contributed by atoms with E-state index in [2.05, 4.69) is 38.1 Å². The monoisotopic (exact) mass is 233 g/mol. The molecule has 1 heteroatoms. The van der Waals surface area contributed by atoms with E-state index in [4.69, 9.17) is 0 Å².